The summed E-state index contributed by atoms with van der Waals surface area (Å²) in [4.78, 5) is 0. The average molecular weight is 166 g/mol. The van der Waals surface area contributed by atoms with E-state index in [1.54, 1.807) is 0 Å². The molecule has 0 fully saturated rings. The molecule has 1 heteroatoms. The lowest BCUT2D eigenvalue weighted by Gasteiger charge is -2.03. The third-order valence-electron chi connectivity index (χ3n) is 1.97. The highest BCUT2D eigenvalue weighted by Crippen LogP contribution is 2.12. The molecule has 0 aromatic heterocycles. The summed E-state index contributed by atoms with van der Waals surface area (Å²) in [5.74, 6) is 0.838. The third kappa shape index (κ3) is 2.00. The van der Waals surface area contributed by atoms with Crippen molar-refractivity contribution in [2.45, 2.75) is 26.0 Å². The second kappa shape index (κ2) is 3.82. The van der Waals surface area contributed by atoms with E-state index in [1.165, 1.54) is 16.7 Å². The first-order valence-electron chi connectivity index (χ1n) is 3.97. The summed E-state index contributed by atoms with van der Waals surface area (Å²) >= 11 is 4.22. The minimum Gasteiger partial charge on any atom is -0.175 e. The maximum atomic E-state index is 4.22. The molecule has 0 aliphatic rings. The summed E-state index contributed by atoms with van der Waals surface area (Å²) in [6, 6.07) is 6.56. The minimum atomic E-state index is 0.838. The topological polar surface area (TPSA) is 0 Å². The maximum absolute atomic E-state index is 4.22. The summed E-state index contributed by atoms with van der Waals surface area (Å²) in [5, 5.41) is 0. The van der Waals surface area contributed by atoms with Crippen LogP contribution < -0.4 is 0 Å². The quantitative estimate of drug-likeness (QED) is 0.642. The number of hydrogen-bond acceptors (Lipinski definition) is 1. The molecule has 0 amide bonds. The molecule has 0 heterocycles. The van der Waals surface area contributed by atoms with Crippen molar-refractivity contribution in [3.05, 3.63) is 34.9 Å². The van der Waals surface area contributed by atoms with Crippen LogP contribution in [0.3, 0.4) is 0 Å². The minimum absolute atomic E-state index is 0.838. The zero-order chi connectivity index (χ0) is 8.27. The first-order valence-corrected chi connectivity index (χ1v) is 4.60. The van der Waals surface area contributed by atoms with Crippen LogP contribution >= 0.6 is 12.6 Å². The molecule has 60 valence electrons. The molecule has 0 saturated carbocycles. The lowest BCUT2D eigenvalue weighted by atomic mass is 10.0. The zero-order valence-electron chi connectivity index (χ0n) is 7.09. The predicted octanol–water partition coefficient (Wildman–Crippen LogP) is 2.99. The van der Waals surface area contributed by atoms with Crippen LogP contribution in [0.2, 0.25) is 0 Å². The second-order valence-electron chi connectivity index (χ2n) is 2.77. The third-order valence-corrected chi connectivity index (χ3v) is 2.34. The highest BCUT2D eigenvalue weighted by Gasteiger charge is 1.95. The zero-order valence-corrected chi connectivity index (χ0v) is 7.99. The molecular weight excluding hydrogens is 152 g/mol. The van der Waals surface area contributed by atoms with Crippen LogP contribution in [0, 0.1) is 6.92 Å². The molecule has 0 aliphatic heterocycles. The lowest BCUT2D eigenvalue weighted by Crippen LogP contribution is -1.87. The molecule has 0 saturated heterocycles. The van der Waals surface area contributed by atoms with Crippen LogP contribution in [0.5, 0.6) is 0 Å². The monoisotopic (exact) mass is 166 g/mol. The summed E-state index contributed by atoms with van der Waals surface area (Å²) in [5.41, 5.74) is 4.14. The Morgan fingerprint density at radius 3 is 2.55 bits per heavy atom. The van der Waals surface area contributed by atoms with Gasteiger partial charge in [-0.15, -0.1) is 0 Å². The highest BCUT2D eigenvalue weighted by atomic mass is 32.1. The molecule has 0 radical (unpaired) electrons. The van der Waals surface area contributed by atoms with Crippen molar-refractivity contribution in [3.8, 4) is 0 Å². The number of benzene rings is 1. The van der Waals surface area contributed by atoms with Crippen LogP contribution in [0.15, 0.2) is 18.2 Å². The smallest absolute Gasteiger partial charge is 0.0154 e. The number of rotatable bonds is 2. The van der Waals surface area contributed by atoms with Crippen molar-refractivity contribution in [2.24, 2.45) is 0 Å². The van der Waals surface area contributed by atoms with E-state index in [1.807, 2.05) is 0 Å². The molecule has 0 bridgehead atoms. The van der Waals surface area contributed by atoms with E-state index < -0.39 is 0 Å². The molecule has 0 nitrogen and oxygen atoms in total. The van der Waals surface area contributed by atoms with E-state index in [0.29, 0.717) is 0 Å². The van der Waals surface area contributed by atoms with Gasteiger partial charge in [-0.1, -0.05) is 25.1 Å². The Labute approximate surface area is 74.0 Å². The van der Waals surface area contributed by atoms with Crippen LogP contribution in [0.4, 0.5) is 0 Å². The van der Waals surface area contributed by atoms with Gasteiger partial charge in [-0.05, 0) is 30.0 Å². The molecule has 0 unspecified atom stereocenters. The number of aryl methyl sites for hydroxylation is 2. The Bertz CT molecular complexity index is 241. The van der Waals surface area contributed by atoms with Gasteiger partial charge in [0.1, 0.15) is 0 Å². The Balaban J connectivity index is 2.99. The molecule has 11 heavy (non-hydrogen) atoms. The van der Waals surface area contributed by atoms with Gasteiger partial charge >= 0.3 is 0 Å². The first kappa shape index (κ1) is 8.66. The summed E-state index contributed by atoms with van der Waals surface area (Å²) in [6.45, 7) is 4.34. The van der Waals surface area contributed by atoms with Crippen molar-refractivity contribution < 1.29 is 0 Å². The van der Waals surface area contributed by atoms with Crippen molar-refractivity contribution in [1.29, 1.82) is 0 Å². The van der Waals surface area contributed by atoms with Gasteiger partial charge < -0.3 is 0 Å². The molecule has 1 aromatic rings. The summed E-state index contributed by atoms with van der Waals surface area (Å²) in [6.07, 6.45) is 1.12. The van der Waals surface area contributed by atoms with E-state index >= 15 is 0 Å². The van der Waals surface area contributed by atoms with Crippen molar-refractivity contribution >= 4 is 12.6 Å². The number of hydrogen-bond donors (Lipinski definition) is 1. The normalized spacial score (nSPS) is 10.1. The second-order valence-corrected chi connectivity index (χ2v) is 3.09. The van der Waals surface area contributed by atoms with Crippen LogP contribution in [-0.4, -0.2) is 0 Å². The van der Waals surface area contributed by atoms with Gasteiger partial charge in [-0.3, -0.25) is 0 Å². The van der Waals surface area contributed by atoms with Gasteiger partial charge in [-0.25, -0.2) is 0 Å². The van der Waals surface area contributed by atoms with E-state index in [0.717, 1.165) is 12.2 Å². The van der Waals surface area contributed by atoms with Crippen molar-refractivity contribution in [1.82, 2.24) is 0 Å². The van der Waals surface area contributed by atoms with Crippen LogP contribution in [-0.2, 0) is 12.2 Å². The van der Waals surface area contributed by atoms with E-state index in [2.05, 4.69) is 44.7 Å². The number of thiol groups is 1. The average Bonchev–Trinajstić information content (AvgIpc) is 2.04. The molecule has 1 rings (SSSR count). The molecule has 0 atom stereocenters. The van der Waals surface area contributed by atoms with Crippen LogP contribution in [0.25, 0.3) is 0 Å². The van der Waals surface area contributed by atoms with Gasteiger partial charge in [0.2, 0.25) is 0 Å². The fourth-order valence-corrected chi connectivity index (χ4v) is 1.45. The van der Waals surface area contributed by atoms with Crippen LogP contribution in [0.1, 0.15) is 23.6 Å². The Morgan fingerprint density at radius 2 is 2.09 bits per heavy atom. The summed E-state index contributed by atoms with van der Waals surface area (Å²) in [7, 11) is 0. The highest BCUT2D eigenvalue weighted by molar-refractivity contribution is 7.79. The predicted molar refractivity (Wildman–Crippen MR) is 53.2 cm³/mol. The van der Waals surface area contributed by atoms with Gasteiger partial charge in [0, 0.05) is 5.75 Å². The standard InChI is InChI=1S/C10H14S/c1-3-10-5-4-9(7-11)6-8(10)2/h4-6,11H,3,7H2,1-2H3. The van der Waals surface area contributed by atoms with Gasteiger partial charge in [0.15, 0.2) is 0 Å². The molecule has 0 aliphatic carbocycles. The Morgan fingerprint density at radius 1 is 1.36 bits per heavy atom. The van der Waals surface area contributed by atoms with E-state index in [-0.39, 0.29) is 0 Å². The van der Waals surface area contributed by atoms with Gasteiger partial charge in [-0.2, -0.15) is 12.6 Å². The lowest BCUT2D eigenvalue weighted by molar-refractivity contribution is 1.10. The van der Waals surface area contributed by atoms with Crippen molar-refractivity contribution in [3.63, 3.8) is 0 Å². The first-order chi connectivity index (χ1) is 5.27. The van der Waals surface area contributed by atoms with Gasteiger partial charge in [0.05, 0.1) is 0 Å². The Kier molecular flexibility index (Phi) is 3.01. The molecule has 1 aromatic carbocycles. The fraction of sp³-hybridized carbons (Fsp3) is 0.400. The SMILES string of the molecule is CCc1ccc(CS)cc1C. The fourth-order valence-electron chi connectivity index (χ4n) is 1.25. The van der Waals surface area contributed by atoms with Crippen molar-refractivity contribution in [2.75, 3.05) is 0 Å². The van der Waals surface area contributed by atoms with E-state index in [4.69, 9.17) is 0 Å². The Hall–Kier alpha value is -0.430. The van der Waals surface area contributed by atoms with Gasteiger partial charge in [0.25, 0.3) is 0 Å². The molecule has 0 spiro atoms. The molecular formula is C10H14S. The summed E-state index contributed by atoms with van der Waals surface area (Å²) < 4.78 is 0. The maximum Gasteiger partial charge on any atom is 0.0154 e. The largest absolute Gasteiger partial charge is 0.175 e. The molecule has 0 N–H and O–H groups in total. The van der Waals surface area contributed by atoms with E-state index in [9.17, 15) is 0 Å².